The average Bonchev–Trinajstić information content (AvgIpc) is 3.54. The highest BCUT2D eigenvalue weighted by atomic mass is 15.0. The maximum Gasteiger partial charge on any atom is 0.161 e. The van der Waals surface area contributed by atoms with Crippen molar-refractivity contribution in [1.29, 1.82) is 0 Å². The Morgan fingerprint density at radius 3 is 1.76 bits per heavy atom. The Hall–Kier alpha value is -6.65. The quantitative estimate of drug-likeness (QED) is 0.102. The lowest BCUT2D eigenvalue weighted by atomic mass is 9.93. The zero-order valence-electron chi connectivity index (χ0n) is 27.4. The van der Waals surface area contributed by atoms with Crippen LogP contribution in [0.1, 0.15) is 16.7 Å². The first-order valence-corrected chi connectivity index (χ1v) is 16.8. The van der Waals surface area contributed by atoms with E-state index in [0.717, 1.165) is 22.4 Å². The largest absolute Gasteiger partial charge is 0.309 e. The highest BCUT2D eigenvalue weighted by Crippen LogP contribution is 2.44. The third kappa shape index (κ3) is 4.97. The molecule has 0 saturated carbocycles. The molecule has 0 saturated heterocycles. The lowest BCUT2D eigenvalue weighted by Gasteiger charge is -2.14. The Kier molecular flexibility index (Phi) is 7.33. The number of aromatic nitrogens is 1. The van der Waals surface area contributed by atoms with Crippen molar-refractivity contribution >= 4 is 72.5 Å². The Labute approximate surface area is 290 Å². The van der Waals surface area contributed by atoms with Crippen molar-refractivity contribution in [3.05, 3.63) is 187 Å². The van der Waals surface area contributed by atoms with Crippen molar-refractivity contribution in [2.45, 2.75) is 6.54 Å². The Balaban J connectivity index is 1.20. The lowest BCUT2D eigenvalue weighted by Crippen LogP contribution is -2.05. The van der Waals surface area contributed by atoms with E-state index in [9.17, 15) is 0 Å². The molecule has 0 bridgehead atoms. The second-order valence-electron chi connectivity index (χ2n) is 12.5. The van der Waals surface area contributed by atoms with E-state index in [1.54, 1.807) is 0 Å². The molecule has 0 N–H and O–H groups in total. The van der Waals surface area contributed by atoms with Crippen molar-refractivity contribution in [2.24, 2.45) is 15.0 Å². The van der Waals surface area contributed by atoms with Gasteiger partial charge in [0.1, 0.15) is 0 Å². The molecule has 8 aromatic carbocycles. The number of hydrogen-bond donors (Lipinski definition) is 0. The van der Waals surface area contributed by atoms with E-state index < -0.39 is 0 Å². The van der Waals surface area contributed by atoms with Crippen LogP contribution in [0.25, 0.3) is 59.8 Å². The van der Waals surface area contributed by atoms with E-state index >= 15 is 0 Å². The molecule has 0 fully saturated rings. The van der Waals surface area contributed by atoms with Crippen LogP contribution in [0.3, 0.4) is 0 Å². The molecule has 0 spiro atoms. The number of rotatable bonds is 5. The minimum Gasteiger partial charge on any atom is -0.309 e. The molecule has 0 aliphatic rings. The Morgan fingerprint density at radius 1 is 0.480 bits per heavy atom. The van der Waals surface area contributed by atoms with Gasteiger partial charge in [0.25, 0.3) is 0 Å². The fraction of sp³-hybridized carbons (Fsp3) is 0.0217. The molecule has 50 heavy (non-hydrogen) atoms. The standard InChI is InChI=1S/C46H32N4/c1-47-45(33-15-4-2-5-16-33)49-46(34-17-6-3-7-18-34)48-30-31-24-27-35(28-25-31)50-41-23-13-12-22-39(41)43-38-21-11-10-20-37(38)42-36-19-9-8-14-32(36)26-29-40(42)44(43)50/h2-29H,1,30H2. The third-order valence-electron chi connectivity index (χ3n) is 9.56. The molecule has 0 aliphatic carbocycles. The second-order valence-corrected chi connectivity index (χ2v) is 12.5. The van der Waals surface area contributed by atoms with Gasteiger partial charge in [-0.2, -0.15) is 0 Å². The first-order valence-electron chi connectivity index (χ1n) is 16.8. The van der Waals surface area contributed by atoms with Gasteiger partial charge < -0.3 is 4.57 Å². The predicted octanol–water partition coefficient (Wildman–Crippen LogP) is 11.3. The molecule has 0 unspecified atom stereocenters. The van der Waals surface area contributed by atoms with Crippen LogP contribution in [0.5, 0.6) is 0 Å². The molecule has 0 radical (unpaired) electrons. The van der Waals surface area contributed by atoms with E-state index in [-0.39, 0.29) is 0 Å². The van der Waals surface area contributed by atoms with Gasteiger partial charge in [-0.15, -0.1) is 0 Å². The molecule has 0 aliphatic heterocycles. The number of aliphatic imine (C=N–C) groups is 3. The molecule has 0 amide bonds. The van der Waals surface area contributed by atoms with Crippen molar-refractivity contribution in [2.75, 3.05) is 0 Å². The summed E-state index contributed by atoms with van der Waals surface area (Å²) < 4.78 is 2.43. The number of nitrogens with zero attached hydrogens (tertiary/aromatic N) is 4. The van der Waals surface area contributed by atoms with Crippen LogP contribution < -0.4 is 0 Å². The van der Waals surface area contributed by atoms with E-state index in [1.807, 2.05) is 60.7 Å². The van der Waals surface area contributed by atoms with Crippen molar-refractivity contribution in [3.63, 3.8) is 0 Å². The highest BCUT2D eigenvalue weighted by molar-refractivity contribution is 6.36. The molecule has 4 heteroatoms. The van der Waals surface area contributed by atoms with Gasteiger partial charge in [0.15, 0.2) is 11.7 Å². The van der Waals surface area contributed by atoms with Crippen LogP contribution in [0.15, 0.2) is 185 Å². The minimum atomic E-state index is 0.472. The van der Waals surface area contributed by atoms with E-state index in [4.69, 9.17) is 9.98 Å². The monoisotopic (exact) mass is 640 g/mol. The maximum atomic E-state index is 5.01. The minimum absolute atomic E-state index is 0.472. The van der Waals surface area contributed by atoms with Crippen molar-refractivity contribution < 1.29 is 0 Å². The summed E-state index contributed by atoms with van der Waals surface area (Å²) in [5.74, 6) is 1.16. The lowest BCUT2D eigenvalue weighted by molar-refractivity contribution is 1.05. The Morgan fingerprint density at radius 2 is 1.06 bits per heavy atom. The molecule has 4 nitrogen and oxygen atoms in total. The molecule has 9 aromatic rings. The first kappa shape index (κ1) is 29.5. The topological polar surface area (TPSA) is 42.0 Å². The zero-order valence-corrected chi connectivity index (χ0v) is 27.4. The molecular formula is C46H32N4. The van der Waals surface area contributed by atoms with Crippen LogP contribution in [0.4, 0.5) is 0 Å². The normalized spacial score (nSPS) is 12.4. The van der Waals surface area contributed by atoms with Gasteiger partial charge in [0.2, 0.25) is 0 Å². The van der Waals surface area contributed by atoms with Crippen molar-refractivity contribution in [3.8, 4) is 5.69 Å². The predicted molar refractivity (Wildman–Crippen MR) is 213 cm³/mol. The number of amidine groups is 2. The summed E-state index contributed by atoms with van der Waals surface area (Å²) in [5.41, 5.74) is 6.44. The number of fused-ring (bicyclic) bond motifs is 10. The van der Waals surface area contributed by atoms with Crippen LogP contribution in [-0.4, -0.2) is 23.0 Å². The fourth-order valence-electron chi connectivity index (χ4n) is 7.29. The summed E-state index contributed by atoms with van der Waals surface area (Å²) in [6, 6.07) is 59.6. The van der Waals surface area contributed by atoms with E-state index in [0.29, 0.717) is 18.2 Å². The number of para-hydroxylation sites is 1. The number of hydrogen-bond acceptors (Lipinski definition) is 1. The summed E-state index contributed by atoms with van der Waals surface area (Å²) >= 11 is 0. The van der Waals surface area contributed by atoms with Gasteiger partial charge in [0, 0.05) is 33.0 Å². The van der Waals surface area contributed by atoms with Gasteiger partial charge in [-0.05, 0) is 57.4 Å². The van der Waals surface area contributed by atoms with E-state index in [1.165, 1.54) is 54.1 Å². The summed E-state index contributed by atoms with van der Waals surface area (Å²) in [6.45, 7) is 4.26. The van der Waals surface area contributed by atoms with E-state index in [2.05, 4.69) is 125 Å². The van der Waals surface area contributed by atoms with Crippen LogP contribution in [-0.2, 0) is 6.54 Å². The first-order chi connectivity index (χ1) is 24.8. The van der Waals surface area contributed by atoms with Gasteiger partial charge >= 0.3 is 0 Å². The molecule has 236 valence electrons. The summed E-state index contributed by atoms with van der Waals surface area (Å²) in [4.78, 5) is 14.1. The van der Waals surface area contributed by atoms with Gasteiger partial charge in [0.05, 0.1) is 17.6 Å². The van der Waals surface area contributed by atoms with Gasteiger partial charge in [-0.1, -0.05) is 152 Å². The smallest absolute Gasteiger partial charge is 0.161 e. The molecule has 1 heterocycles. The van der Waals surface area contributed by atoms with Crippen molar-refractivity contribution in [1.82, 2.24) is 4.57 Å². The van der Waals surface area contributed by atoms with Gasteiger partial charge in [-0.25, -0.2) is 9.98 Å². The average molecular weight is 641 g/mol. The molecule has 0 atom stereocenters. The molecule has 1 aromatic heterocycles. The summed E-state index contributed by atoms with van der Waals surface area (Å²) in [5, 5.41) is 10.1. The molecule has 9 rings (SSSR count). The Bertz CT molecular complexity index is 2770. The zero-order chi connectivity index (χ0) is 33.4. The highest BCUT2D eigenvalue weighted by Gasteiger charge is 2.19. The van der Waals surface area contributed by atoms with Gasteiger partial charge in [-0.3, -0.25) is 4.99 Å². The number of benzene rings is 8. The maximum absolute atomic E-state index is 5.01. The SMILES string of the molecule is C=NC(=NC(=NCc1ccc(-n2c3ccccc3c3c4ccccc4c4c5ccccc5ccc4c32)cc1)c1ccccc1)c1ccccc1. The van der Waals surface area contributed by atoms with Crippen LogP contribution >= 0.6 is 0 Å². The third-order valence-corrected chi connectivity index (χ3v) is 9.56. The second kappa shape index (κ2) is 12.4. The summed E-state index contributed by atoms with van der Waals surface area (Å²) in [7, 11) is 0. The fourth-order valence-corrected chi connectivity index (χ4v) is 7.29. The van der Waals surface area contributed by atoms with Crippen LogP contribution in [0, 0.1) is 0 Å². The molecular weight excluding hydrogens is 609 g/mol. The van der Waals surface area contributed by atoms with Crippen LogP contribution in [0.2, 0.25) is 0 Å². The summed E-state index contributed by atoms with van der Waals surface area (Å²) in [6.07, 6.45) is 0.